The highest BCUT2D eigenvalue weighted by Gasteiger charge is 2.13. The zero-order valence-electron chi connectivity index (χ0n) is 15.4. The van der Waals surface area contributed by atoms with E-state index in [1.165, 1.54) is 54.2 Å². The zero-order chi connectivity index (χ0) is 18.5. The summed E-state index contributed by atoms with van der Waals surface area (Å²) in [7, 11) is 0. The number of fused-ring (bicyclic) bond motifs is 2. The van der Waals surface area contributed by atoms with Gasteiger partial charge in [-0.1, -0.05) is 109 Å². The van der Waals surface area contributed by atoms with E-state index in [2.05, 4.69) is 109 Å². The SMILES string of the molecule is C(=C/c1ccc2c3cccc4cccc(c5cccc1c52)c43)/c1ccccc1. The molecule has 6 rings (SSSR count). The van der Waals surface area contributed by atoms with Crippen LogP contribution in [0.25, 0.3) is 55.2 Å². The van der Waals surface area contributed by atoms with Crippen LogP contribution in [0.3, 0.4) is 0 Å². The molecule has 0 aliphatic rings. The minimum atomic E-state index is 1.22. The summed E-state index contributed by atoms with van der Waals surface area (Å²) < 4.78 is 0. The standard InChI is InChI=1S/C28H18/c1-2-7-19(8-3-1)15-16-20-17-18-26-24-13-5-10-21-9-4-12-23(27(21)24)25-14-6-11-22(20)28(25)26/h1-18H/b16-15-. The minimum Gasteiger partial charge on any atom is -0.0622 e. The van der Waals surface area contributed by atoms with Crippen LogP contribution in [0.5, 0.6) is 0 Å². The first kappa shape index (κ1) is 15.4. The van der Waals surface area contributed by atoms with Gasteiger partial charge in [0.2, 0.25) is 0 Å². The Morgan fingerprint density at radius 1 is 0.393 bits per heavy atom. The Labute approximate surface area is 163 Å². The lowest BCUT2D eigenvalue weighted by Gasteiger charge is -2.15. The molecule has 0 aromatic heterocycles. The fourth-order valence-corrected chi connectivity index (χ4v) is 4.56. The largest absolute Gasteiger partial charge is 0.0622 e. The maximum atomic E-state index is 2.29. The monoisotopic (exact) mass is 354 g/mol. The molecule has 0 heterocycles. The average Bonchev–Trinajstić information content (AvgIpc) is 2.77. The molecule has 0 unspecified atom stereocenters. The number of hydrogen-bond acceptors (Lipinski definition) is 0. The van der Waals surface area contributed by atoms with Crippen LogP contribution in [0.15, 0.2) is 97.1 Å². The normalized spacial score (nSPS) is 12.1. The summed E-state index contributed by atoms with van der Waals surface area (Å²) in [6.45, 7) is 0. The van der Waals surface area contributed by atoms with E-state index in [1.54, 1.807) is 0 Å². The molecular formula is C28H18. The van der Waals surface area contributed by atoms with Crippen LogP contribution in [-0.4, -0.2) is 0 Å². The Morgan fingerprint density at radius 2 is 1.00 bits per heavy atom. The Morgan fingerprint density at radius 3 is 1.75 bits per heavy atom. The third-order valence-electron chi connectivity index (χ3n) is 5.81. The van der Waals surface area contributed by atoms with Crippen molar-refractivity contribution >= 4 is 55.2 Å². The van der Waals surface area contributed by atoms with E-state index in [0.29, 0.717) is 0 Å². The van der Waals surface area contributed by atoms with Crippen molar-refractivity contribution in [3.8, 4) is 0 Å². The summed E-state index contributed by atoms with van der Waals surface area (Å²) in [6.07, 6.45) is 4.43. The Balaban J connectivity index is 1.72. The second-order valence-corrected chi connectivity index (χ2v) is 7.38. The van der Waals surface area contributed by atoms with Gasteiger partial charge in [-0.25, -0.2) is 0 Å². The van der Waals surface area contributed by atoms with Crippen LogP contribution >= 0.6 is 0 Å². The lowest BCUT2D eigenvalue weighted by Crippen LogP contribution is -1.88. The minimum absolute atomic E-state index is 1.22. The fourth-order valence-electron chi connectivity index (χ4n) is 4.56. The topological polar surface area (TPSA) is 0 Å². The molecule has 0 bridgehead atoms. The first-order valence-corrected chi connectivity index (χ1v) is 9.71. The van der Waals surface area contributed by atoms with Gasteiger partial charge in [0.05, 0.1) is 0 Å². The van der Waals surface area contributed by atoms with E-state index in [1.807, 2.05) is 0 Å². The molecule has 0 atom stereocenters. The van der Waals surface area contributed by atoms with E-state index >= 15 is 0 Å². The highest BCUT2D eigenvalue weighted by molar-refractivity contribution is 6.33. The highest BCUT2D eigenvalue weighted by Crippen LogP contribution is 2.41. The van der Waals surface area contributed by atoms with Crippen molar-refractivity contribution in [1.82, 2.24) is 0 Å². The molecule has 0 spiro atoms. The lowest BCUT2D eigenvalue weighted by atomic mass is 9.88. The van der Waals surface area contributed by atoms with Gasteiger partial charge >= 0.3 is 0 Å². The van der Waals surface area contributed by atoms with E-state index in [9.17, 15) is 0 Å². The highest BCUT2D eigenvalue weighted by atomic mass is 14.2. The Hall–Kier alpha value is -3.64. The molecular weight excluding hydrogens is 336 g/mol. The average molecular weight is 354 g/mol. The number of hydrogen-bond donors (Lipinski definition) is 0. The molecule has 0 heteroatoms. The molecule has 0 aliphatic carbocycles. The first-order valence-electron chi connectivity index (χ1n) is 9.71. The molecule has 130 valence electrons. The molecule has 0 saturated heterocycles. The van der Waals surface area contributed by atoms with E-state index < -0.39 is 0 Å². The van der Waals surface area contributed by atoms with Crippen LogP contribution in [-0.2, 0) is 0 Å². The molecule has 0 aliphatic heterocycles. The summed E-state index contributed by atoms with van der Waals surface area (Å²) in [5, 5.41) is 10.7. The summed E-state index contributed by atoms with van der Waals surface area (Å²) >= 11 is 0. The van der Waals surface area contributed by atoms with Gasteiger partial charge in [0.15, 0.2) is 0 Å². The lowest BCUT2D eigenvalue weighted by molar-refractivity contribution is 1.66. The van der Waals surface area contributed by atoms with Gasteiger partial charge in [0.25, 0.3) is 0 Å². The Kier molecular flexibility index (Phi) is 3.27. The molecule has 0 amide bonds. The van der Waals surface area contributed by atoms with Crippen LogP contribution in [0.2, 0.25) is 0 Å². The molecule has 6 aromatic rings. The van der Waals surface area contributed by atoms with Crippen molar-refractivity contribution in [2.75, 3.05) is 0 Å². The fraction of sp³-hybridized carbons (Fsp3) is 0. The molecule has 0 saturated carbocycles. The van der Waals surface area contributed by atoms with Gasteiger partial charge in [-0.05, 0) is 54.2 Å². The predicted molar refractivity (Wildman–Crippen MR) is 123 cm³/mol. The van der Waals surface area contributed by atoms with Crippen LogP contribution in [0.4, 0.5) is 0 Å². The van der Waals surface area contributed by atoms with Gasteiger partial charge in [-0.2, -0.15) is 0 Å². The second kappa shape index (κ2) is 5.94. The van der Waals surface area contributed by atoms with Crippen molar-refractivity contribution in [3.05, 3.63) is 108 Å². The predicted octanol–water partition coefficient (Wildman–Crippen LogP) is 7.91. The van der Waals surface area contributed by atoms with Crippen molar-refractivity contribution in [2.45, 2.75) is 0 Å². The molecule has 6 aromatic carbocycles. The van der Waals surface area contributed by atoms with Crippen LogP contribution in [0.1, 0.15) is 11.1 Å². The second-order valence-electron chi connectivity index (χ2n) is 7.38. The summed E-state index contributed by atoms with van der Waals surface area (Å²) in [6, 6.07) is 35.0. The molecule has 0 radical (unpaired) electrons. The molecule has 28 heavy (non-hydrogen) atoms. The summed E-state index contributed by atoms with van der Waals surface area (Å²) in [5.41, 5.74) is 2.48. The van der Waals surface area contributed by atoms with Crippen molar-refractivity contribution in [3.63, 3.8) is 0 Å². The van der Waals surface area contributed by atoms with Crippen molar-refractivity contribution in [2.24, 2.45) is 0 Å². The first-order chi connectivity index (χ1) is 13.9. The summed E-state index contributed by atoms with van der Waals surface area (Å²) in [4.78, 5) is 0. The van der Waals surface area contributed by atoms with E-state index in [0.717, 1.165) is 0 Å². The smallest absolute Gasteiger partial charge is 0.00204 e. The maximum absolute atomic E-state index is 2.29. The molecule has 0 N–H and O–H groups in total. The van der Waals surface area contributed by atoms with Crippen molar-refractivity contribution in [1.29, 1.82) is 0 Å². The van der Waals surface area contributed by atoms with Crippen molar-refractivity contribution < 1.29 is 0 Å². The molecule has 0 fully saturated rings. The third-order valence-corrected chi connectivity index (χ3v) is 5.81. The van der Waals surface area contributed by atoms with Gasteiger partial charge in [-0.15, -0.1) is 0 Å². The molecule has 0 nitrogen and oxygen atoms in total. The quantitative estimate of drug-likeness (QED) is 0.168. The van der Waals surface area contributed by atoms with Gasteiger partial charge < -0.3 is 0 Å². The number of benzene rings is 6. The van der Waals surface area contributed by atoms with E-state index in [4.69, 9.17) is 0 Å². The van der Waals surface area contributed by atoms with Gasteiger partial charge in [0, 0.05) is 0 Å². The maximum Gasteiger partial charge on any atom is -0.00204 e. The van der Waals surface area contributed by atoms with Crippen LogP contribution in [0, 0.1) is 0 Å². The third kappa shape index (κ3) is 2.18. The van der Waals surface area contributed by atoms with Gasteiger partial charge in [-0.3, -0.25) is 0 Å². The zero-order valence-corrected chi connectivity index (χ0v) is 15.4. The number of rotatable bonds is 2. The Bertz CT molecular complexity index is 1440. The van der Waals surface area contributed by atoms with Gasteiger partial charge in [0.1, 0.15) is 0 Å². The summed E-state index contributed by atoms with van der Waals surface area (Å²) in [5.74, 6) is 0. The van der Waals surface area contributed by atoms with E-state index in [-0.39, 0.29) is 0 Å². The van der Waals surface area contributed by atoms with Crippen LogP contribution < -0.4 is 0 Å².